The van der Waals surface area contributed by atoms with Crippen LogP contribution in [-0.4, -0.2) is 23.0 Å². The summed E-state index contributed by atoms with van der Waals surface area (Å²) in [5.41, 5.74) is 0.488. The van der Waals surface area contributed by atoms with E-state index in [1.54, 1.807) is 0 Å². The molecule has 2 bridgehead atoms. The maximum Gasteiger partial charge on any atom is 0.306 e. The number of carboxylic acid groups (broad SMARTS) is 1. The molecule has 1 amide bonds. The fourth-order valence-corrected chi connectivity index (χ4v) is 5.16. The van der Waals surface area contributed by atoms with Crippen LogP contribution in [0.5, 0.6) is 0 Å². The van der Waals surface area contributed by atoms with Crippen molar-refractivity contribution in [2.24, 2.45) is 28.6 Å². The molecule has 0 heterocycles. The zero-order valence-corrected chi connectivity index (χ0v) is 13.3. The van der Waals surface area contributed by atoms with Crippen LogP contribution in [0.2, 0.25) is 0 Å². The second kappa shape index (κ2) is 4.72. The monoisotopic (exact) mass is 293 g/mol. The van der Waals surface area contributed by atoms with Crippen molar-refractivity contribution < 1.29 is 14.7 Å². The number of fused-ring (bicyclic) bond motifs is 2. The third-order valence-electron chi connectivity index (χ3n) is 7.26. The fraction of sp³-hybridized carbons (Fsp3) is 0.882. The number of nitrogens with one attached hydrogen (secondary N) is 1. The van der Waals surface area contributed by atoms with Gasteiger partial charge in [0.25, 0.3) is 0 Å². The topological polar surface area (TPSA) is 66.4 Å². The summed E-state index contributed by atoms with van der Waals surface area (Å²) in [6.45, 7) is 7.00. The predicted octanol–water partition coefficient (Wildman–Crippen LogP) is 2.82. The Labute approximate surface area is 126 Å². The van der Waals surface area contributed by atoms with Gasteiger partial charge in [0.1, 0.15) is 0 Å². The number of carboxylic acids is 1. The molecule has 3 saturated carbocycles. The lowest BCUT2D eigenvalue weighted by Crippen LogP contribution is -2.48. The Hall–Kier alpha value is -1.06. The molecule has 0 aromatic heterocycles. The average Bonchev–Trinajstić information content (AvgIpc) is 3.02. The molecule has 3 aliphatic rings. The first-order chi connectivity index (χ1) is 9.75. The number of carbonyl (C=O) groups excluding carboxylic acids is 1. The summed E-state index contributed by atoms with van der Waals surface area (Å²) in [7, 11) is 0. The average molecular weight is 293 g/mol. The van der Waals surface area contributed by atoms with Gasteiger partial charge in [0.2, 0.25) is 5.91 Å². The number of aliphatic carboxylic acids is 1. The van der Waals surface area contributed by atoms with Crippen molar-refractivity contribution in [2.45, 2.75) is 65.3 Å². The van der Waals surface area contributed by atoms with E-state index in [2.05, 4.69) is 26.1 Å². The van der Waals surface area contributed by atoms with Crippen molar-refractivity contribution in [3.05, 3.63) is 0 Å². The molecule has 0 aromatic carbocycles. The second-order valence-corrected chi connectivity index (χ2v) is 8.22. The molecule has 3 fully saturated rings. The van der Waals surface area contributed by atoms with Crippen LogP contribution in [0, 0.1) is 28.6 Å². The third-order valence-corrected chi connectivity index (χ3v) is 7.26. The minimum absolute atomic E-state index is 0.0910. The molecule has 0 spiro atoms. The molecule has 21 heavy (non-hydrogen) atoms. The SMILES string of the molecule is CC1(C)C2CCC1(C)C(NC(=O)[C@@H]1CC[C@H](C(=O)O)C1)C2. The standard InChI is InChI=1S/C17H27NO3/c1-16(2)12-6-7-17(16,3)13(9-12)18-14(19)10-4-5-11(8-10)15(20)21/h10-13H,4-9H2,1-3H3,(H,18,19)(H,20,21)/t10-,11+,12?,13?,17?/m1/s1. The Balaban J connectivity index is 1.64. The molecule has 3 aliphatic carbocycles. The molecule has 4 heteroatoms. The normalized spacial score (nSPS) is 44.0. The van der Waals surface area contributed by atoms with Gasteiger partial charge in [-0.3, -0.25) is 9.59 Å². The molecule has 5 atom stereocenters. The Morgan fingerprint density at radius 1 is 1.05 bits per heavy atom. The molecule has 0 aromatic rings. The summed E-state index contributed by atoms with van der Waals surface area (Å²) in [5, 5.41) is 12.3. The maximum atomic E-state index is 12.5. The molecule has 0 aliphatic heterocycles. The van der Waals surface area contributed by atoms with E-state index >= 15 is 0 Å². The number of hydrogen-bond acceptors (Lipinski definition) is 2. The first-order valence-electron chi connectivity index (χ1n) is 8.29. The van der Waals surface area contributed by atoms with Gasteiger partial charge >= 0.3 is 5.97 Å². The molecule has 3 rings (SSSR count). The number of carbonyl (C=O) groups is 2. The van der Waals surface area contributed by atoms with Crippen molar-refractivity contribution in [3.63, 3.8) is 0 Å². The van der Waals surface area contributed by atoms with Gasteiger partial charge in [-0.1, -0.05) is 20.8 Å². The van der Waals surface area contributed by atoms with Gasteiger partial charge in [0.05, 0.1) is 5.92 Å². The van der Waals surface area contributed by atoms with Crippen LogP contribution in [0.15, 0.2) is 0 Å². The number of rotatable bonds is 3. The van der Waals surface area contributed by atoms with E-state index in [0.717, 1.165) is 12.8 Å². The van der Waals surface area contributed by atoms with Crippen molar-refractivity contribution in [2.75, 3.05) is 0 Å². The van der Waals surface area contributed by atoms with Crippen LogP contribution in [-0.2, 0) is 9.59 Å². The van der Waals surface area contributed by atoms with Crippen LogP contribution in [0.4, 0.5) is 0 Å². The number of amides is 1. The highest BCUT2D eigenvalue weighted by molar-refractivity contribution is 5.81. The first kappa shape index (κ1) is 14.9. The van der Waals surface area contributed by atoms with E-state index < -0.39 is 5.97 Å². The van der Waals surface area contributed by atoms with Crippen molar-refractivity contribution in [1.29, 1.82) is 0 Å². The summed E-state index contributed by atoms with van der Waals surface area (Å²) in [5.74, 6) is -0.375. The molecule has 3 unspecified atom stereocenters. The van der Waals surface area contributed by atoms with Crippen LogP contribution in [0.3, 0.4) is 0 Å². The lowest BCUT2D eigenvalue weighted by atomic mass is 9.69. The highest BCUT2D eigenvalue weighted by Gasteiger charge is 2.61. The lowest BCUT2D eigenvalue weighted by Gasteiger charge is -2.39. The largest absolute Gasteiger partial charge is 0.481 e. The molecular formula is C17H27NO3. The number of hydrogen-bond donors (Lipinski definition) is 2. The first-order valence-corrected chi connectivity index (χ1v) is 8.29. The summed E-state index contributed by atoms with van der Waals surface area (Å²) in [6, 6.07) is 0.266. The smallest absolute Gasteiger partial charge is 0.306 e. The minimum Gasteiger partial charge on any atom is -0.481 e. The highest BCUT2D eigenvalue weighted by atomic mass is 16.4. The summed E-state index contributed by atoms with van der Waals surface area (Å²) >= 11 is 0. The van der Waals surface area contributed by atoms with Crippen LogP contribution in [0.1, 0.15) is 59.3 Å². The fourth-order valence-electron chi connectivity index (χ4n) is 5.16. The van der Waals surface area contributed by atoms with E-state index in [0.29, 0.717) is 24.2 Å². The maximum absolute atomic E-state index is 12.5. The minimum atomic E-state index is -0.752. The Kier molecular flexibility index (Phi) is 3.34. The van der Waals surface area contributed by atoms with Crippen LogP contribution >= 0.6 is 0 Å². The van der Waals surface area contributed by atoms with E-state index in [9.17, 15) is 9.59 Å². The molecule has 0 saturated heterocycles. The van der Waals surface area contributed by atoms with Crippen molar-refractivity contribution in [1.82, 2.24) is 5.32 Å². The zero-order valence-electron chi connectivity index (χ0n) is 13.3. The quantitative estimate of drug-likeness (QED) is 0.841. The Bertz CT molecular complexity index is 473. The van der Waals surface area contributed by atoms with Gasteiger partial charge in [0, 0.05) is 12.0 Å². The molecular weight excluding hydrogens is 266 g/mol. The van der Waals surface area contributed by atoms with Crippen molar-refractivity contribution >= 4 is 11.9 Å². The van der Waals surface area contributed by atoms with E-state index in [4.69, 9.17) is 5.11 Å². The van der Waals surface area contributed by atoms with Gasteiger partial charge < -0.3 is 10.4 Å². The zero-order chi connectivity index (χ0) is 15.4. The second-order valence-electron chi connectivity index (χ2n) is 8.22. The van der Waals surface area contributed by atoms with Gasteiger partial charge in [-0.05, 0) is 55.3 Å². The summed E-state index contributed by atoms with van der Waals surface area (Å²) in [4.78, 5) is 23.5. The molecule has 118 valence electrons. The van der Waals surface area contributed by atoms with E-state index in [1.807, 2.05) is 0 Å². The van der Waals surface area contributed by atoms with Gasteiger partial charge in [-0.15, -0.1) is 0 Å². The lowest BCUT2D eigenvalue weighted by molar-refractivity contribution is -0.141. The highest BCUT2D eigenvalue weighted by Crippen LogP contribution is 2.65. The summed E-state index contributed by atoms with van der Waals surface area (Å²) < 4.78 is 0. The van der Waals surface area contributed by atoms with Crippen LogP contribution in [0.25, 0.3) is 0 Å². The van der Waals surface area contributed by atoms with Crippen LogP contribution < -0.4 is 5.32 Å². The van der Waals surface area contributed by atoms with Gasteiger partial charge in [-0.25, -0.2) is 0 Å². The Morgan fingerprint density at radius 2 is 1.71 bits per heavy atom. The van der Waals surface area contributed by atoms with E-state index in [1.165, 1.54) is 12.8 Å². The molecule has 4 nitrogen and oxygen atoms in total. The van der Waals surface area contributed by atoms with Gasteiger partial charge in [0.15, 0.2) is 0 Å². The predicted molar refractivity (Wildman–Crippen MR) is 79.6 cm³/mol. The van der Waals surface area contributed by atoms with E-state index in [-0.39, 0.29) is 29.2 Å². The van der Waals surface area contributed by atoms with Gasteiger partial charge in [-0.2, -0.15) is 0 Å². The molecule has 2 N–H and O–H groups in total. The summed E-state index contributed by atoms with van der Waals surface area (Å²) in [6.07, 6.45) is 5.43. The third kappa shape index (κ3) is 2.09. The molecule has 0 radical (unpaired) electrons. The Morgan fingerprint density at radius 3 is 2.19 bits per heavy atom. The van der Waals surface area contributed by atoms with Crippen molar-refractivity contribution in [3.8, 4) is 0 Å².